The van der Waals surface area contributed by atoms with E-state index in [1.54, 1.807) is 35.8 Å². The highest BCUT2D eigenvalue weighted by molar-refractivity contribution is 7.99. The number of carbonyl (C=O) groups excluding carboxylic acids is 1. The second-order valence-electron chi connectivity index (χ2n) is 5.12. The van der Waals surface area contributed by atoms with Gasteiger partial charge in [-0.25, -0.2) is 9.18 Å². The van der Waals surface area contributed by atoms with Gasteiger partial charge in [0.1, 0.15) is 18.2 Å². The molecule has 0 heterocycles. The standard InChI is InChI=1S/C18H21FN2O2S/c1-21(12-13-23-16-9-7-15(19)8-10-16)18(22)20-11-14-24-17-5-3-2-4-6-17/h2-10H,11-14H2,1H3,(H,20,22). The molecule has 0 saturated carbocycles. The van der Waals surface area contributed by atoms with Gasteiger partial charge in [-0.05, 0) is 36.4 Å². The Hall–Kier alpha value is -2.21. The zero-order valence-corrected chi connectivity index (χ0v) is 14.4. The van der Waals surface area contributed by atoms with Crippen molar-refractivity contribution in [3.05, 3.63) is 60.4 Å². The normalized spacial score (nSPS) is 10.2. The summed E-state index contributed by atoms with van der Waals surface area (Å²) in [5, 5.41) is 2.87. The van der Waals surface area contributed by atoms with E-state index in [1.165, 1.54) is 17.0 Å². The van der Waals surface area contributed by atoms with Gasteiger partial charge >= 0.3 is 6.03 Å². The second kappa shape index (κ2) is 9.82. The molecule has 0 atom stereocenters. The van der Waals surface area contributed by atoms with E-state index in [9.17, 15) is 9.18 Å². The lowest BCUT2D eigenvalue weighted by Gasteiger charge is -2.18. The highest BCUT2D eigenvalue weighted by Crippen LogP contribution is 2.15. The first-order valence-corrected chi connectivity index (χ1v) is 8.69. The molecule has 2 rings (SSSR count). The van der Waals surface area contributed by atoms with E-state index in [1.807, 2.05) is 30.3 Å². The summed E-state index contributed by atoms with van der Waals surface area (Å²) in [4.78, 5) is 14.7. The number of benzene rings is 2. The topological polar surface area (TPSA) is 41.6 Å². The van der Waals surface area contributed by atoms with Crippen molar-refractivity contribution in [3.63, 3.8) is 0 Å². The lowest BCUT2D eigenvalue weighted by atomic mass is 10.3. The van der Waals surface area contributed by atoms with E-state index in [-0.39, 0.29) is 11.8 Å². The van der Waals surface area contributed by atoms with Crippen molar-refractivity contribution in [2.45, 2.75) is 4.90 Å². The van der Waals surface area contributed by atoms with Crippen LogP contribution in [0.4, 0.5) is 9.18 Å². The number of urea groups is 1. The third-order valence-electron chi connectivity index (χ3n) is 3.25. The number of ether oxygens (including phenoxy) is 1. The van der Waals surface area contributed by atoms with E-state index >= 15 is 0 Å². The zero-order chi connectivity index (χ0) is 17.2. The minimum Gasteiger partial charge on any atom is -0.492 e. The van der Waals surface area contributed by atoms with Gasteiger partial charge in [-0.2, -0.15) is 0 Å². The maximum Gasteiger partial charge on any atom is 0.317 e. The Morgan fingerprint density at radius 1 is 1.17 bits per heavy atom. The number of nitrogens with zero attached hydrogens (tertiary/aromatic N) is 1. The first kappa shape index (κ1) is 18.1. The van der Waals surface area contributed by atoms with Gasteiger partial charge in [-0.1, -0.05) is 18.2 Å². The van der Waals surface area contributed by atoms with Gasteiger partial charge in [0.05, 0.1) is 6.54 Å². The summed E-state index contributed by atoms with van der Waals surface area (Å²) in [6.07, 6.45) is 0. The Morgan fingerprint density at radius 2 is 1.88 bits per heavy atom. The van der Waals surface area contributed by atoms with Gasteiger partial charge < -0.3 is 15.0 Å². The van der Waals surface area contributed by atoms with Crippen LogP contribution in [0.1, 0.15) is 0 Å². The number of carbonyl (C=O) groups is 1. The molecule has 0 aliphatic carbocycles. The van der Waals surface area contributed by atoms with Crippen molar-refractivity contribution >= 4 is 17.8 Å². The fraction of sp³-hybridized carbons (Fsp3) is 0.278. The van der Waals surface area contributed by atoms with Crippen LogP contribution in [0, 0.1) is 5.82 Å². The van der Waals surface area contributed by atoms with Gasteiger partial charge in [0, 0.05) is 24.2 Å². The van der Waals surface area contributed by atoms with Crippen LogP contribution in [-0.4, -0.2) is 43.4 Å². The largest absolute Gasteiger partial charge is 0.492 e. The highest BCUT2D eigenvalue weighted by atomic mass is 32.2. The van der Waals surface area contributed by atoms with Crippen LogP contribution < -0.4 is 10.1 Å². The van der Waals surface area contributed by atoms with Crippen molar-refractivity contribution in [2.24, 2.45) is 0 Å². The minimum absolute atomic E-state index is 0.133. The van der Waals surface area contributed by atoms with Crippen LogP contribution in [0.2, 0.25) is 0 Å². The predicted molar refractivity (Wildman–Crippen MR) is 95.1 cm³/mol. The molecule has 0 aromatic heterocycles. The maximum atomic E-state index is 12.8. The van der Waals surface area contributed by atoms with Crippen LogP contribution in [0.3, 0.4) is 0 Å². The Labute approximate surface area is 146 Å². The Morgan fingerprint density at radius 3 is 2.58 bits per heavy atom. The average molecular weight is 348 g/mol. The third-order valence-corrected chi connectivity index (χ3v) is 4.26. The number of hydrogen-bond donors (Lipinski definition) is 1. The number of hydrogen-bond acceptors (Lipinski definition) is 3. The molecule has 0 unspecified atom stereocenters. The number of halogens is 1. The molecule has 2 aromatic rings. The minimum atomic E-state index is -0.299. The van der Waals surface area contributed by atoms with E-state index in [2.05, 4.69) is 5.32 Å². The summed E-state index contributed by atoms with van der Waals surface area (Å²) in [6.45, 7) is 1.41. The number of thioether (sulfide) groups is 1. The second-order valence-corrected chi connectivity index (χ2v) is 6.29. The quantitative estimate of drug-likeness (QED) is 0.585. The molecular formula is C18H21FN2O2S. The zero-order valence-electron chi connectivity index (χ0n) is 13.6. The van der Waals surface area contributed by atoms with E-state index < -0.39 is 0 Å². The molecule has 0 saturated heterocycles. The molecule has 0 aliphatic rings. The van der Waals surface area contributed by atoms with E-state index in [0.717, 1.165) is 5.75 Å². The number of rotatable bonds is 8. The van der Waals surface area contributed by atoms with Crippen LogP contribution in [0.15, 0.2) is 59.5 Å². The fourth-order valence-corrected chi connectivity index (χ4v) is 2.70. The first-order chi connectivity index (χ1) is 11.6. The van der Waals surface area contributed by atoms with Gasteiger partial charge in [0.25, 0.3) is 0 Å². The van der Waals surface area contributed by atoms with Crippen LogP contribution in [0.25, 0.3) is 0 Å². The molecule has 0 radical (unpaired) electrons. The molecule has 24 heavy (non-hydrogen) atoms. The van der Waals surface area contributed by atoms with Crippen molar-refractivity contribution in [3.8, 4) is 5.75 Å². The summed E-state index contributed by atoms with van der Waals surface area (Å²) in [6, 6.07) is 15.8. The molecule has 0 spiro atoms. The monoisotopic (exact) mass is 348 g/mol. The summed E-state index contributed by atoms with van der Waals surface area (Å²) < 4.78 is 18.3. The lowest BCUT2D eigenvalue weighted by Crippen LogP contribution is -2.40. The highest BCUT2D eigenvalue weighted by Gasteiger charge is 2.07. The van der Waals surface area contributed by atoms with Crippen LogP contribution >= 0.6 is 11.8 Å². The van der Waals surface area contributed by atoms with Crippen molar-refractivity contribution in [1.29, 1.82) is 0 Å². The van der Waals surface area contributed by atoms with Crippen LogP contribution in [0.5, 0.6) is 5.75 Å². The Bertz CT molecular complexity index is 623. The van der Waals surface area contributed by atoms with Crippen LogP contribution in [-0.2, 0) is 0 Å². The average Bonchev–Trinajstić information content (AvgIpc) is 2.61. The molecule has 2 aromatic carbocycles. The molecule has 2 amide bonds. The third kappa shape index (κ3) is 6.50. The molecule has 4 nitrogen and oxygen atoms in total. The SMILES string of the molecule is CN(CCOc1ccc(F)cc1)C(=O)NCCSc1ccccc1. The van der Waals surface area contributed by atoms with Crippen molar-refractivity contribution in [1.82, 2.24) is 10.2 Å². The molecule has 0 bridgehead atoms. The summed E-state index contributed by atoms with van der Waals surface area (Å²) >= 11 is 1.70. The molecule has 128 valence electrons. The Balaban J connectivity index is 1.59. The smallest absolute Gasteiger partial charge is 0.317 e. The number of nitrogens with one attached hydrogen (secondary N) is 1. The summed E-state index contributed by atoms with van der Waals surface area (Å²) in [5.74, 6) is 1.10. The van der Waals surface area contributed by atoms with Gasteiger partial charge in [0.2, 0.25) is 0 Å². The first-order valence-electron chi connectivity index (χ1n) is 7.70. The molecule has 1 N–H and O–H groups in total. The maximum absolute atomic E-state index is 12.8. The van der Waals surface area contributed by atoms with Gasteiger partial charge in [-0.15, -0.1) is 11.8 Å². The molecule has 6 heteroatoms. The number of likely N-dealkylation sites (N-methyl/N-ethyl adjacent to an activating group) is 1. The molecular weight excluding hydrogens is 327 g/mol. The van der Waals surface area contributed by atoms with Gasteiger partial charge in [0.15, 0.2) is 0 Å². The summed E-state index contributed by atoms with van der Waals surface area (Å²) in [7, 11) is 1.72. The predicted octanol–water partition coefficient (Wildman–Crippen LogP) is 3.64. The summed E-state index contributed by atoms with van der Waals surface area (Å²) in [5.41, 5.74) is 0. The number of amides is 2. The Kier molecular flexibility index (Phi) is 7.42. The fourth-order valence-electron chi connectivity index (χ4n) is 1.91. The molecule has 0 aliphatic heterocycles. The lowest BCUT2D eigenvalue weighted by molar-refractivity contribution is 0.196. The van der Waals surface area contributed by atoms with Gasteiger partial charge in [-0.3, -0.25) is 0 Å². The van der Waals surface area contributed by atoms with Crippen molar-refractivity contribution in [2.75, 3.05) is 32.5 Å². The van der Waals surface area contributed by atoms with Crippen molar-refractivity contribution < 1.29 is 13.9 Å². The molecule has 0 fully saturated rings. The van der Waals surface area contributed by atoms with E-state index in [0.29, 0.717) is 25.4 Å². The van der Waals surface area contributed by atoms with E-state index in [4.69, 9.17) is 4.74 Å².